The molecule has 1 saturated carbocycles. The molecule has 3 N–H and O–H groups in total. The van der Waals surface area contributed by atoms with E-state index in [9.17, 15) is 14.7 Å². The van der Waals surface area contributed by atoms with Crippen LogP contribution in [0.4, 0.5) is 5.69 Å². The summed E-state index contributed by atoms with van der Waals surface area (Å²) in [5, 5.41) is 14.2. The standard InChI is InChI=1S/C26H19ClN2O3/c1-13-2-3-15(9-17(13)24(30)31)20-12-26(20)19-10-18(21(27)11-23(19)29-25(26)32)14-4-5-22-16(8-14)6-7-28-22/h2-11,20,28H,12H2,1H3,(H,29,32)(H,30,31). The van der Waals surface area contributed by atoms with Gasteiger partial charge in [-0.15, -0.1) is 0 Å². The highest BCUT2D eigenvalue weighted by molar-refractivity contribution is 6.34. The summed E-state index contributed by atoms with van der Waals surface area (Å²) in [5.74, 6) is -1.07. The number of amides is 1. The molecule has 1 spiro atoms. The van der Waals surface area contributed by atoms with Gasteiger partial charge in [0.15, 0.2) is 0 Å². The second kappa shape index (κ2) is 6.47. The van der Waals surface area contributed by atoms with Gasteiger partial charge >= 0.3 is 5.97 Å². The Labute approximate surface area is 189 Å². The third-order valence-electron chi connectivity index (χ3n) is 6.96. The van der Waals surface area contributed by atoms with Gasteiger partial charge in [-0.1, -0.05) is 29.8 Å². The zero-order valence-electron chi connectivity index (χ0n) is 17.2. The molecule has 158 valence electrons. The van der Waals surface area contributed by atoms with Crippen molar-refractivity contribution >= 4 is 40.1 Å². The minimum atomic E-state index is -0.954. The van der Waals surface area contributed by atoms with Crippen molar-refractivity contribution in [3.05, 3.63) is 88.1 Å². The molecule has 2 atom stereocenters. The largest absolute Gasteiger partial charge is 0.478 e. The van der Waals surface area contributed by atoms with Gasteiger partial charge in [0.2, 0.25) is 5.91 Å². The molecule has 6 heteroatoms. The molecule has 2 unspecified atom stereocenters. The maximum atomic E-state index is 13.1. The zero-order valence-corrected chi connectivity index (χ0v) is 18.0. The molecule has 1 aromatic heterocycles. The first-order chi connectivity index (χ1) is 15.4. The first-order valence-corrected chi connectivity index (χ1v) is 10.8. The summed E-state index contributed by atoms with van der Waals surface area (Å²) in [7, 11) is 0. The molecule has 1 amide bonds. The van der Waals surface area contributed by atoms with Crippen molar-refractivity contribution in [2.75, 3.05) is 5.32 Å². The van der Waals surface area contributed by atoms with Crippen LogP contribution in [0.5, 0.6) is 0 Å². The van der Waals surface area contributed by atoms with E-state index in [0.717, 1.165) is 38.8 Å². The van der Waals surface area contributed by atoms with Crippen LogP contribution in [0.25, 0.3) is 22.0 Å². The lowest BCUT2D eigenvalue weighted by Crippen LogP contribution is -2.21. The number of hydrogen-bond acceptors (Lipinski definition) is 2. The summed E-state index contributed by atoms with van der Waals surface area (Å²) >= 11 is 6.63. The van der Waals surface area contributed by atoms with Crippen LogP contribution in [0.3, 0.4) is 0 Å². The number of fused-ring (bicyclic) bond motifs is 3. The second-order valence-corrected chi connectivity index (χ2v) is 9.13. The van der Waals surface area contributed by atoms with Crippen LogP contribution in [0.2, 0.25) is 5.02 Å². The Bertz CT molecular complexity index is 1470. The molecule has 2 aliphatic rings. The van der Waals surface area contributed by atoms with Crippen molar-refractivity contribution in [2.24, 2.45) is 0 Å². The first-order valence-electron chi connectivity index (χ1n) is 10.5. The molecule has 1 fully saturated rings. The lowest BCUT2D eigenvalue weighted by atomic mass is 9.89. The van der Waals surface area contributed by atoms with Gasteiger partial charge < -0.3 is 15.4 Å². The third kappa shape index (κ3) is 2.58. The first kappa shape index (κ1) is 19.1. The van der Waals surface area contributed by atoms with E-state index in [0.29, 0.717) is 17.0 Å². The van der Waals surface area contributed by atoms with Crippen molar-refractivity contribution in [1.29, 1.82) is 0 Å². The number of rotatable bonds is 3. The highest BCUT2D eigenvalue weighted by atomic mass is 35.5. The van der Waals surface area contributed by atoms with Crippen LogP contribution in [0, 0.1) is 6.92 Å². The van der Waals surface area contributed by atoms with E-state index in [1.807, 2.05) is 48.7 Å². The highest BCUT2D eigenvalue weighted by Crippen LogP contribution is 2.65. The molecule has 3 aromatic carbocycles. The molecule has 1 aliphatic heterocycles. The number of carboxylic acids is 1. The fourth-order valence-corrected chi connectivity index (χ4v) is 5.42. The van der Waals surface area contributed by atoms with Crippen molar-refractivity contribution in [1.82, 2.24) is 4.98 Å². The molecule has 1 aliphatic carbocycles. The van der Waals surface area contributed by atoms with Crippen LogP contribution >= 0.6 is 11.6 Å². The number of benzene rings is 3. The Morgan fingerprint density at radius 1 is 1.12 bits per heavy atom. The zero-order chi connectivity index (χ0) is 22.2. The SMILES string of the molecule is Cc1ccc(C2CC23C(=O)Nc2cc(Cl)c(-c4ccc5[nH]ccc5c4)cc23)cc1C(=O)O. The van der Waals surface area contributed by atoms with Gasteiger partial charge in [-0.05, 0) is 77.4 Å². The van der Waals surface area contributed by atoms with E-state index in [1.54, 1.807) is 13.0 Å². The van der Waals surface area contributed by atoms with Gasteiger partial charge in [0.05, 0.1) is 16.0 Å². The average Bonchev–Trinajstić information content (AvgIpc) is 3.23. The molecule has 5 nitrogen and oxygen atoms in total. The van der Waals surface area contributed by atoms with Gasteiger partial charge in [-0.25, -0.2) is 4.79 Å². The molecule has 0 radical (unpaired) electrons. The Morgan fingerprint density at radius 3 is 2.78 bits per heavy atom. The maximum Gasteiger partial charge on any atom is 0.335 e. The van der Waals surface area contributed by atoms with E-state index in [4.69, 9.17) is 11.6 Å². The predicted molar refractivity (Wildman–Crippen MR) is 125 cm³/mol. The van der Waals surface area contributed by atoms with E-state index >= 15 is 0 Å². The van der Waals surface area contributed by atoms with Crippen molar-refractivity contribution in [3.8, 4) is 11.1 Å². The topological polar surface area (TPSA) is 82.2 Å². The highest BCUT2D eigenvalue weighted by Gasteiger charge is 2.65. The Kier molecular flexibility index (Phi) is 3.87. The summed E-state index contributed by atoms with van der Waals surface area (Å²) in [6.07, 6.45) is 2.55. The number of hydrogen-bond donors (Lipinski definition) is 3. The van der Waals surface area contributed by atoms with Crippen LogP contribution in [0.15, 0.2) is 60.8 Å². The second-order valence-electron chi connectivity index (χ2n) is 8.72. The number of carboxylic acid groups (broad SMARTS) is 1. The smallest absolute Gasteiger partial charge is 0.335 e. The molecule has 6 rings (SSSR count). The van der Waals surface area contributed by atoms with Crippen LogP contribution in [0.1, 0.15) is 39.4 Å². The van der Waals surface area contributed by atoms with E-state index < -0.39 is 11.4 Å². The quantitative estimate of drug-likeness (QED) is 0.371. The van der Waals surface area contributed by atoms with Crippen molar-refractivity contribution < 1.29 is 14.7 Å². The third-order valence-corrected chi connectivity index (χ3v) is 7.27. The van der Waals surface area contributed by atoms with Crippen molar-refractivity contribution in [2.45, 2.75) is 24.7 Å². The summed E-state index contributed by atoms with van der Waals surface area (Å²) in [4.78, 5) is 27.9. The fraction of sp³-hybridized carbons (Fsp3) is 0.154. The predicted octanol–water partition coefficient (Wildman–Crippen LogP) is 5.87. The number of aromatic nitrogens is 1. The fourth-order valence-electron chi connectivity index (χ4n) is 5.14. The summed E-state index contributed by atoms with van der Waals surface area (Å²) in [6, 6.07) is 17.4. The lowest BCUT2D eigenvalue weighted by molar-refractivity contribution is -0.118. The number of anilines is 1. The van der Waals surface area contributed by atoms with E-state index in [2.05, 4.69) is 16.4 Å². The van der Waals surface area contributed by atoms with Gasteiger partial charge in [0.1, 0.15) is 0 Å². The Morgan fingerprint density at radius 2 is 1.97 bits per heavy atom. The average molecular weight is 443 g/mol. The van der Waals surface area contributed by atoms with Crippen LogP contribution in [-0.2, 0) is 10.2 Å². The molecule has 4 aromatic rings. The van der Waals surface area contributed by atoms with Gasteiger partial charge in [0, 0.05) is 28.9 Å². The number of aromatic carboxylic acids is 1. The molecule has 2 heterocycles. The molecule has 0 bridgehead atoms. The minimum Gasteiger partial charge on any atom is -0.478 e. The number of carbonyl (C=O) groups excluding carboxylic acids is 1. The number of nitrogens with one attached hydrogen (secondary N) is 2. The van der Waals surface area contributed by atoms with E-state index in [-0.39, 0.29) is 17.4 Å². The van der Waals surface area contributed by atoms with Crippen LogP contribution < -0.4 is 5.32 Å². The number of aryl methyl sites for hydroxylation is 1. The normalized spacial score (nSPS) is 21.1. The number of H-pyrrole nitrogens is 1. The number of aromatic amines is 1. The Hall–Kier alpha value is -3.57. The van der Waals surface area contributed by atoms with Gasteiger partial charge in [-0.2, -0.15) is 0 Å². The summed E-state index contributed by atoms with van der Waals surface area (Å²) in [6.45, 7) is 1.78. The summed E-state index contributed by atoms with van der Waals surface area (Å²) in [5.41, 5.74) is 5.76. The molecule has 32 heavy (non-hydrogen) atoms. The maximum absolute atomic E-state index is 13.1. The van der Waals surface area contributed by atoms with Gasteiger partial charge in [-0.3, -0.25) is 4.79 Å². The monoisotopic (exact) mass is 442 g/mol. The number of halogens is 1. The van der Waals surface area contributed by atoms with Crippen LogP contribution in [-0.4, -0.2) is 22.0 Å². The number of carbonyl (C=O) groups is 2. The van der Waals surface area contributed by atoms with Gasteiger partial charge in [0.25, 0.3) is 0 Å². The molecular weight excluding hydrogens is 424 g/mol. The molecule has 0 saturated heterocycles. The summed E-state index contributed by atoms with van der Waals surface area (Å²) < 4.78 is 0. The lowest BCUT2D eigenvalue weighted by Gasteiger charge is -2.13. The van der Waals surface area contributed by atoms with Crippen molar-refractivity contribution in [3.63, 3.8) is 0 Å². The van der Waals surface area contributed by atoms with E-state index in [1.165, 1.54) is 0 Å². The minimum absolute atomic E-state index is 0.0516. The Balaban J connectivity index is 1.46. The molecular formula is C26H19ClN2O3.